The van der Waals surface area contributed by atoms with E-state index in [0.29, 0.717) is 17.1 Å². The summed E-state index contributed by atoms with van der Waals surface area (Å²) in [5.41, 5.74) is -0.734. The molecule has 0 bridgehead atoms. The van der Waals surface area contributed by atoms with Gasteiger partial charge in [-0.3, -0.25) is 19.3 Å². The Morgan fingerprint density at radius 3 is 2.55 bits per heavy atom. The van der Waals surface area contributed by atoms with Gasteiger partial charge in [0, 0.05) is 16.4 Å². The van der Waals surface area contributed by atoms with Crippen LogP contribution in [0.15, 0.2) is 41.8 Å². The molecule has 0 saturated carbocycles. The topological polar surface area (TPSA) is 98.8 Å². The second-order valence-corrected chi connectivity index (χ2v) is 8.69. The molecule has 5 amide bonds. The number of urea groups is 1. The van der Waals surface area contributed by atoms with Crippen molar-refractivity contribution in [1.29, 1.82) is 0 Å². The lowest BCUT2D eigenvalue weighted by Gasteiger charge is -2.24. The molecule has 1 unspecified atom stereocenters. The van der Waals surface area contributed by atoms with Crippen LogP contribution in [0.4, 0.5) is 4.79 Å². The number of carbonyl (C=O) groups excluding carboxylic acids is 4. The molecule has 3 rings (SSSR count). The fourth-order valence-corrected chi connectivity index (χ4v) is 4.03. The van der Waals surface area contributed by atoms with E-state index in [4.69, 9.17) is 11.6 Å². The average Bonchev–Trinajstić information content (AvgIpc) is 3.34. The molecule has 1 saturated heterocycles. The van der Waals surface area contributed by atoms with Crippen molar-refractivity contribution in [3.05, 3.63) is 57.2 Å². The minimum Gasteiger partial charge on any atom is -0.350 e. The lowest BCUT2D eigenvalue weighted by molar-refractivity contribution is -0.140. The number of likely N-dealkylation sites (N-methyl/N-ethyl adjacent to an activating group) is 1. The fourth-order valence-electron chi connectivity index (χ4n) is 3.26. The highest BCUT2D eigenvalue weighted by Gasteiger charge is 2.49. The molecule has 31 heavy (non-hydrogen) atoms. The third-order valence-electron chi connectivity index (χ3n) is 5.10. The minimum atomic E-state index is -1.29. The number of imide groups is 1. The number of hydrogen-bond donors (Lipinski definition) is 2. The van der Waals surface area contributed by atoms with E-state index in [2.05, 4.69) is 10.6 Å². The van der Waals surface area contributed by atoms with E-state index in [9.17, 15) is 19.2 Å². The van der Waals surface area contributed by atoms with Crippen LogP contribution in [0.2, 0.25) is 5.02 Å². The molecule has 2 heterocycles. The molecular weight excluding hydrogens is 440 g/mol. The predicted molar refractivity (Wildman–Crippen MR) is 117 cm³/mol. The van der Waals surface area contributed by atoms with Crippen molar-refractivity contribution in [2.75, 3.05) is 19.6 Å². The first-order valence-corrected chi connectivity index (χ1v) is 11.0. The van der Waals surface area contributed by atoms with Gasteiger partial charge in [-0.25, -0.2) is 4.79 Å². The third kappa shape index (κ3) is 5.05. The van der Waals surface area contributed by atoms with Crippen molar-refractivity contribution < 1.29 is 19.2 Å². The maximum Gasteiger partial charge on any atom is 0.325 e. The van der Waals surface area contributed by atoms with Crippen LogP contribution < -0.4 is 10.6 Å². The normalized spacial score (nSPS) is 18.1. The maximum absolute atomic E-state index is 13.0. The summed E-state index contributed by atoms with van der Waals surface area (Å²) >= 11 is 7.43. The summed E-state index contributed by atoms with van der Waals surface area (Å²) in [6.07, 6.45) is 0. The van der Waals surface area contributed by atoms with Gasteiger partial charge in [0.25, 0.3) is 5.91 Å². The average molecular weight is 463 g/mol. The number of benzene rings is 1. The summed E-state index contributed by atoms with van der Waals surface area (Å²) in [7, 11) is 0. The van der Waals surface area contributed by atoms with Gasteiger partial charge in [-0.15, -0.1) is 11.3 Å². The molecule has 2 aromatic rings. The highest BCUT2D eigenvalue weighted by Crippen LogP contribution is 2.29. The molecule has 0 spiro atoms. The van der Waals surface area contributed by atoms with Crippen LogP contribution in [0, 0.1) is 0 Å². The van der Waals surface area contributed by atoms with Crippen molar-refractivity contribution in [2.45, 2.75) is 25.9 Å². The molecule has 1 aliphatic heterocycles. The molecule has 1 atom stereocenters. The summed E-state index contributed by atoms with van der Waals surface area (Å²) in [5.74, 6) is -1.34. The number of halogens is 1. The number of nitrogens with one attached hydrogen (secondary N) is 2. The van der Waals surface area contributed by atoms with Crippen LogP contribution in [0.25, 0.3) is 0 Å². The standard InChI is InChI=1S/C21H23ClN4O4S/c1-3-25(12-17(27)23-11-16-5-4-10-31-16)18(28)13-26-19(29)21(2,24-20(26)30)14-6-8-15(22)9-7-14/h4-10H,3,11-13H2,1-2H3,(H,23,27)(H,24,30). The van der Waals surface area contributed by atoms with E-state index in [1.165, 1.54) is 16.2 Å². The zero-order chi connectivity index (χ0) is 22.6. The molecule has 1 fully saturated rings. The fraction of sp³-hybridized carbons (Fsp3) is 0.333. The zero-order valence-corrected chi connectivity index (χ0v) is 18.8. The summed E-state index contributed by atoms with van der Waals surface area (Å²) in [6, 6.07) is 9.71. The number of carbonyl (C=O) groups is 4. The van der Waals surface area contributed by atoms with Crippen LogP contribution >= 0.6 is 22.9 Å². The second kappa shape index (κ2) is 9.49. The molecule has 8 nitrogen and oxygen atoms in total. The highest BCUT2D eigenvalue weighted by atomic mass is 35.5. The number of rotatable bonds is 8. The monoisotopic (exact) mass is 462 g/mol. The van der Waals surface area contributed by atoms with E-state index < -0.39 is 29.9 Å². The Bertz CT molecular complexity index is 980. The molecule has 1 aliphatic rings. The first-order chi connectivity index (χ1) is 14.7. The third-order valence-corrected chi connectivity index (χ3v) is 6.23. The molecule has 0 aliphatic carbocycles. The van der Waals surface area contributed by atoms with Gasteiger partial charge in [-0.05, 0) is 43.0 Å². The van der Waals surface area contributed by atoms with Gasteiger partial charge < -0.3 is 15.5 Å². The minimum absolute atomic E-state index is 0.154. The van der Waals surface area contributed by atoms with Gasteiger partial charge in [0.15, 0.2) is 0 Å². The SMILES string of the molecule is CCN(CC(=O)NCc1cccs1)C(=O)CN1C(=O)NC(C)(c2ccc(Cl)cc2)C1=O. The van der Waals surface area contributed by atoms with Gasteiger partial charge in [0.2, 0.25) is 11.8 Å². The van der Waals surface area contributed by atoms with Crippen molar-refractivity contribution in [1.82, 2.24) is 20.4 Å². The molecule has 164 valence electrons. The van der Waals surface area contributed by atoms with Crippen LogP contribution in [-0.2, 0) is 26.5 Å². The van der Waals surface area contributed by atoms with E-state index in [1.54, 1.807) is 38.1 Å². The Kier molecular flexibility index (Phi) is 6.97. The number of amides is 5. The Hall–Kier alpha value is -2.91. The quantitative estimate of drug-likeness (QED) is 0.588. The van der Waals surface area contributed by atoms with E-state index >= 15 is 0 Å². The lowest BCUT2D eigenvalue weighted by atomic mass is 9.92. The van der Waals surface area contributed by atoms with Crippen LogP contribution in [0.5, 0.6) is 0 Å². The molecule has 1 aromatic carbocycles. The first kappa shape index (κ1) is 22.8. The summed E-state index contributed by atoms with van der Waals surface area (Å²) in [5, 5.41) is 7.83. The van der Waals surface area contributed by atoms with E-state index in [0.717, 1.165) is 9.78 Å². The summed E-state index contributed by atoms with van der Waals surface area (Å²) in [6.45, 7) is 3.36. The highest BCUT2D eigenvalue weighted by molar-refractivity contribution is 7.09. The Labute approximate surface area is 189 Å². The van der Waals surface area contributed by atoms with Crippen LogP contribution in [0.3, 0.4) is 0 Å². The van der Waals surface area contributed by atoms with E-state index in [1.807, 2.05) is 17.5 Å². The van der Waals surface area contributed by atoms with Gasteiger partial charge in [-0.2, -0.15) is 0 Å². The first-order valence-electron chi connectivity index (χ1n) is 9.71. The summed E-state index contributed by atoms with van der Waals surface area (Å²) < 4.78 is 0. The van der Waals surface area contributed by atoms with Gasteiger partial charge in [0.1, 0.15) is 12.1 Å². The largest absolute Gasteiger partial charge is 0.350 e. The van der Waals surface area contributed by atoms with Gasteiger partial charge in [0.05, 0.1) is 13.1 Å². The second-order valence-electron chi connectivity index (χ2n) is 7.22. The van der Waals surface area contributed by atoms with Gasteiger partial charge in [-0.1, -0.05) is 29.8 Å². The molecule has 1 aromatic heterocycles. The number of hydrogen-bond acceptors (Lipinski definition) is 5. The Balaban J connectivity index is 1.62. The Morgan fingerprint density at radius 2 is 1.94 bits per heavy atom. The number of thiophene rings is 1. The van der Waals surface area contributed by atoms with Crippen molar-refractivity contribution >= 4 is 46.7 Å². The van der Waals surface area contributed by atoms with Crippen molar-refractivity contribution in [3.8, 4) is 0 Å². The lowest BCUT2D eigenvalue weighted by Crippen LogP contribution is -2.47. The number of nitrogens with zero attached hydrogens (tertiary/aromatic N) is 2. The van der Waals surface area contributed by atoms with Crippen LogP contribution in [0.1, 0.15) is 24.3 Å². The van der Waals surface area contributed by atoms with Crippen molar-refractivity contribution in [2.24, 2.45) is 0 Å². The van der Waals surface area contributed by atoms with Crippen LogP contribution in [-0.4, -0.2) is 53.2 Å². The molecule has 10 heteroatoms. The zero-order valence-electron chi connectivity index (χ0n) is 17.2. The van der Waals surface area contributed by atoms with E-state index in [-0.39, 0.29) is 19.0 Å². The van der Waals surface area contributed by atoms with Crippen molar-refractivity contribution in [3.63, 3.8) is 0 Å². The van der Waals surface area contributed by atoms with Gasteiger partial charge >= 0.3 is 6.03 Å². The Morgan fingerprint density at radius 1 is 1.23 bits per heavy atom. The smallest absolute Gasteiger partial charge is 0.325 e. The molecule has 2 N–H and O–H groups in total. The maximum atomic E-state index is 13.0. The molecule has 0 radical (unpaired) electrons. The predicted octanol–water partition coefficient (Wildman–Crippen LogP) is 2.33. The molecular formula is C21H23ClN4O4S. The summed E-state index contributed by atoms with van der Waals surface area (Å²) in [4.78, 5) is 53.6.